The average Bonchev–Trinajstić information content (AvgIpc) is 2.26. The Morgan fingerprint density at radius 3 is 2.40 bits per heavy atom. The van der Waals surface area contributed by atoms with Crippen molar-refractivity contribution < 1.29 is 14.0 Å². The number of carbonyl (C=O) groups excluding carboxylic acids is 1. The molecule has 0 saturated carbocycles. The van der Waals surface area contributed by atoms with Gasteiger partial charge in [0.15, 0.2) is 8.32 Å². The Morgan fingerprint density at radius 2 is 1.90 bits per heavy atom. The lowest BCUT2D eigenvalue weighted by atomic mass is 10.2. The molecule has 0 amide bonds. The molecule has 0 unspecified atom stereocenters. The summed E-state index contributed by atoms with van der Waals surface area (Å²) in [4.78, 5) is 11.1. The Bertz CT molecular complexity index is 316. The largest absolute Gasteiger partial charge is 0.463 e. The van der Waals surface area contributed by atoms with E-state index in [1.165, 1.54) is 6.08 Å². The summed E-state index contributed by atoms with van der Waals surface area (Å²) in [5.74, 6) is -0.252. The van der Waals surface area contributed by atoms with Gasteiger partial charge in [0.2, 0.25) is 0 Å². The Morgan fingerprint density at radius 1 is 1.30 bits per heavy atom. The van der Waals surface area contributed by atoms with Crippen molar-refractivity contribution >= 4 is 14.3 Å². The first-order chi connectivity index (χ1) is 9.10. The van der Waals surface area contributed by atoms with Crippen LogP contribution in [0, 0.1) is 0 Å². The van der Waals surface area contributed by atoms with Crippen LogP contribution in [-0.2, 0) is 14.0 Å². The summed E-state index contributed by atoms with van der Waals surface area (Å²) in [5.41, 5.74) is 0. The highest BCUT2D eigenvalue weighted by molar-refractivity contribution is 6.74. The minimum absolute atomic E-state index is 0.252. The zero-order chi connectivity index (χ0) is 15.8. The average molecular weight is 301 g/mol. The highest BCUT2D eigenvalue weighted by atomic mass is 28.4. The van der Waals surface area contributed by atoms with Gasteiger partial charge in [-0.3, -0.25) is 0 Å². The number of rotatable bonds is 8. The quantitative estimate of drug-likeness (QED) is 0.282. The van der Waals surface area contributed by atoms with E-state index in [2.05, 4.69) is 40.8 Å². The number of hydrogen-bond donors (Lipinski definition) is 0. The van der Waals surface area contributed by atoms with E-state index in [1.807, 2.05) is 13.0 Å². The van der Waals surface area contributed by atoms with Crippen molar-refractivity contribution in [3.63, 3.8) is 0 Å². The number of allylic oxidation sites excluding steroid dienone is 1. The summed E-state index contributed by atoms with van der Waals surface area (Å²) in [6.07, 6.45) is 6.64. The second-order valence-corrected chi connectivity index (χ2v) is 11.5. The summed E-state index contributed by atoms with van der Waals surface area (Å²) in [6.45, 7) is 15.7. The molecule has 0 spiro atoms. The van der Waals surface area contributed by atoms with Crippen LogP contribution in [-0.4, -0.2) is 27.0 Å². The van der Waals surface area contributed by atoms with Gasteiger partial charge in [-0.1, -0.05) is 26.8 Å². The number of hydrogen-bond acceptors (Lipinski definition) is 3. The third-order valence-electron chi connectivity index (χ3n) is 3.82. The molecule has 118 valence electrons. The molecular formula is C16H32O3Si. The maximum absolute atomic E-state index is 11.1. The fraction of sp³-hybridized carbons (Fsp3) is 0.812. The van der Waals surface area contributed by atoms with E-state index in [9.17, 15) is 4.79 Å². The minimum Gasteiger partial charge on any atom is -0.463 e. The fourth-order valence-corrected chi connectivity index (χ4v) is 3.11. The monoisotopic (exact) mass is 300 g/mol. The highest BCUT2D eigenvalue weighted by Gasteiger charge is 2.38. The first kappa shape index (κ1) is 19.4. The lowest BCUT2D eigenvalue weighted by molar-refractivity contribution is -0.137. The molecular weight excluding hydrogens is 268 g/mol. The van der Waals surface area contributed by atoms with Crippen molar-refractivity contribution in [2.45, 2.75) is 78.1 Å². The molecule has 0 rings (SSSR count). The molecule has 0 saturated heterocycles. The maximum Gasteiger partial charge on any atom is 0.330 e. The van der Waals surface area contributed by atoms with E-state index in [-0.39, 0.29) is 17.1 Å². The van der Waals surface area contributed by atoms with Gasteiger partial charge in [0.05, 0.1) is 6.61 Å². The van der Waals surface area contributed by atoms with E-state index in [0.717, 1.165) is 19.3 Å². The number of unbranched alkanes of at least 4 members (excludes halogenated alkanes) is 1. The van der Waals surface area contributed by atoms with Crippen molar-refractivity contribution in [3.05, 3.63) is 12.2 Å². The first-order valence-corrected chi connectivity index (χ1v) is 10.5. The van der Waals surface area contributed by atoms with Crippen LogP contribution in [0.1, 0.15) is 53.9 Å². The van der Waals surface area contributed by atoms with Crippen LogP contribution < -0.4 is 0 Å². The van der Waals surface area contributed by atoms with Crippen LogP contribution in [0.5, 0.6) is 0 Å². The van der Waals surface area contributed by atoms with Gasteiger partial charge in [0.1, 0.15) is 0 Å². The van der Waals surface area contributed by atoms with Crippen LogP contribution in [0.15, 0.2) is 12.2 Å². The van der Waals surface area contributed by atoms with Gasteiger partial charge < -0.3 is 9.16 Å². The molecule has 0 heterocycles. The van der Waals surface area contributed by atoms with Crippen molar-refractivity contribution in [1.82, 2.24) is 0 Å². The van der Waals surface area contributed by atoms with Crippen molar-refractivity contribution in [1.29, 1.82) is 0 Å². The standard InChI is InChI=1S/C16H32O3Si/c1-8-18-15(17)13-11-9-10-12-14(2)19-20(6,7)16(3,4)5/h11,13-14H,8-10,12H2,1-7H3/b13-11+/t14-/m1/s1. The van der Waals surface area contributed by atoms with Crippen LogP contribution in [0.25, 0.3) is 0 Å². The van der Waals surface area contributed by atoms with Crippen molar-refractivity contribution in [2.24, 2.45) is 0 Å². The molecule has 3 nitrogen and oxygen atoms in total. The van der Waals surface area contributed by atoms with Crippen LogP contribution in [0.3, 0.4) is 0 Å². The maximum atomic E-state index is 11.1. The molecule has 4 heteroatoms. The Hall–Kier alpha value is -0.613. The van der Waals surface area contributed by atoms with E-state index in [4.69, 9.17) is 9.16 Å². The molecule has 0 N–H and O–H groups in total. The molecule has 0 aliphatic heterocycles. The molecule has 0 fully saturated rings. The first-order valence-electron chi connectivity index (χ1n) is 7.61. The van der Waals surface area contributed by atoms with Crippen LogP contribution in [0.4, 0.5) is 0 Å². The highest BCUT2D eigenvalue weighted by Crippen LogP contribution is 2.37. The van der Waals surface area contributed by atoms with Crippen LogP contribution >= 0.6 is 0 Å². The van der Waals surface area contributed by atoms with Gasteiger partial charge in [0, 0.05) is 12.2 Å². The van der Waals surface area contributed by atoms with E-state index >= 15 is 0 Å². The number of esters is 1. The number of carbonyl (C=O) groups is 1. The third kappa shape index (κ3) is 7.85. The third-order valence-corrected chi connectivity index (χ3v) is 8.43. The summed E-state index contributed by atoms with van der Waals surface area (Å²) < 4.78 is 11.1. The Labute approximate surface area is 125 Å². The second kappa shape index (κ2) is 8.62. The smallest absolute Gasteiger partial charge is 0.330 e. The van der Waals surface area contributed by atoms with E-state index in [0.29, 0.717) is 6.61 Å². The SMILES string of the molecule is CCOC(=O)/C=C/CCC[C@@H](C)O[Si](C)(C)C(C)(C)C. The van der Waals surface area contributed by atoms with E-state index in [1.54, 1.807) is 0 Å². The van der Waals surface area contributed by atoms with E-state index < -0.39 is 8.32 Å². The molecule has 0 aromatic rings. The molecule has 0 bridgehead atoms. The molecule has 0 aliphatic carbocycles. The van der Waals surface area contributed by atoms with Gasteiger partial charge in [-0.25, -0.2) is 4.79 Å². The molecule has 0 aromatic heterocycles. The Kier molecular flexibility index (Phi) is 8.36. The fourth-order valence-electron chi connectivity index (χ4n) is 1.63. The molecule has 0 aromatic carbocycles. The minimum atomic E-state index is -1.66. The summed E-state index contributed by atoms with van der Waals surface area (Å²) in [7, 11) is -1.66. The summed E-state index contributed by atoms with van der Waals surface area (Å²) >= 11 is 0. The zero-order valence-corrected chi connectivity index (χ0v) is 15.3. The van der Waals surface area contributed by atoms with Gasteiger partial charge >= 0.3 is 5.97 Å². The molecule has 0 radical (unpaired) electrons. The predicted molar refractivity (Wildman–Crippen MR) is 87.4 cm³/mol. The lowest BCUT2D eigenvalue weighted by Gasteiger charge is -2.38. The normalized spacial score (nSPS) is 14.6. The summed E-state index contributed by atoms with van der Waals surface area (Å²) in [5, 5.41) is 0.255. The van der Waals surface area contributed by atoms with Gasteiger partial charge in [0.25, 0.3) is 0 Å². The van der Waals surface area contributed by atoms with Gasteiger partial charge in [-0.05, 0) is 51.2 Å². The van der Waals surface area contributed by atoms with Gasteiger partial charge in [-0.15, -0.1) is 0 Å². The van der Waals surface area contributed by atoms with Crippen LogP contribution in [0.2, 0.25) is 18.1 Å². The Balaban J connectivity index is 3.96. The topological polar surface area (TPSA) is 35.5 Å². The molecule has 1 atom stereocenters. The molecule has 20 heavy (non-hydrogen) atoms. The predicted octanol–water partition coefficient (Wildman–Crippen LogP) is 4.69. The van der Waals surface area contributed by atoms with Gasteiger partial charge in [-0.2, -0.15) is 0 Å². The zero-order valence-electron chi connectivity index (χ0n) is 14.3. The molecule has 0 aliphatic rings. The van der Waals surface area contributed by atoms with Crippen molar-refractivity contribution in [3.8, 4) is 0 Å². The number of ether oxygens (including phenoxy) is 1. The lowest BCUT2D eigenvalue weighted by Crippen LogP contribution is -2.43. The second-order valence-electron chi connectivity index (χ2n) is 6.77. The van der Waals surface area contributed by atoms with Crippen molar-refractivity contribution in [2.75, 3.05) is 6.61 Å². The summed E-state index contributed by atoms with van der Waals surface area (Å²) in [6, 6.07) is 0.